The number of hydrogen-bond acceptors (Lipinski definition) is 3. The van der Waals surface area contributed by atoms with Crippen molar-refractivity contribution in [2.24, 2.45) is 0 Å². The maximum absolute atomic E-state index is 10.3. The van der Waals surface area contributed by atoms with Gasteiger partial charge in [-0.1, -0.05) is 175 Å². The number of benzene rings is 8. The molecule has 1 N–H and O–H groups in total. The van der Waals surface area contributed by atoms with Gasteiger partial charge in [-0.3, -0.25) is 0 Å². The lowest BCUT2D eigenvalue weighted by atomic mass is 9.93. The van der Waals surface area contributed by atoms with Gasteiger partial charge in [-0.15, -0.1) is 0 Å². The van der Waals surface area contributed by atoms with Crippen LogP contribution < -0.4 is 0 Å². The van der Waals surface area contributed by atoms with Crippen molar-refractivity contribution in [3.8, 4) is 61.8 Å². The van der Waals surface area contributed by atoms with Gasteiger partial charge in [-0.2, -0.15) is 0 Å². The van der Waals surface area contributed by atoms with Crippen LogP contribution in [0.15, 0.2) is 194 Å². The topological polar surface area (TPSA) is 46.0 Å². The molecule has 3 nitrogen and oxygen atoms in total. The first-order chi connectivity index (χ1) is 25.6. The number of aromatic nitrogens is 2. The highest BCUT2D eigenvalue weighted by atomic mass is 16.3. The Hall–Kier alpha value is -6.84. The van der Waals surface area contributed by atoms with E-state index in [0.29, 0.717) is 5.75 Å². The van der Waals surface area contributed by atoms with Crippen LogP contribution in [0.3, 0.4) is 0 Å². The Labute approximate surface area is 304 Å². The zero-order valence-electron chi connectivity index (χ0n) is 28.8. The third kappa shape index (κ3) is 6.68. The van der Waals surface area contributed by atoms with Crippen LogP contribution in [0.25, 0.3) is 77.6 Å². The van der Waals surface area contributed by atoms with Crippen LogP contribution in [0.4, 0.5) is 0 Å². The second-order valence-electron chi connectivity index (χ2n) is 12.8. The molecule has 8 aromatic carbocycles. The largest absolute Gasteiger partial charge is 0.507 e. The van der Waals surface area contributed by atoms with Crippen LogP contribution in [-0.2, 0) is 0 Å². The maximum atomic E-state index is 10.3. The molecule has 9 aromatic rings. The highest BCUT2D eigenvalue weighted by molar-refractivity contribution is 6.13. The minimum Gasteiger partial charge on any atom is -0.507 e. The number of aryl methyl sites for hydroxylation is 1. The van der Waals surface area contributed by atoms with Crippen LogP contribution in [0.2, 0.25) is 0 Å². The number of fused-ring (bicyclic) bond motifs is 3. The average molecular weight is 669 g/mol. The number of nitrogens with zero attached hydrogens (tertiary/aromatic N) is 2. The molecule has 248 valence electrons. The number of phenolic OH excluding ortho intramolecular Hbond substituents is 1. The summed E-state index contributed by atoms with van der Waals surface area (Å²) in [5, 5.41) is 15.4. The minimum atomic E-state index is 0.314. The quantitative estimate of drug-likeness (QED) is 0.186. The molecule has 0 radical (unpaired) electrons. The number of rotatable bonds is 5. The first-order valence-electron chi connectivity index (χ1n) is 17.5. The molecule has 0 atom stereocenters. The summed E-state index contributed by atoms with van der Waals surface area (Å²) in [5.74, 6) is 1.06. The molecule has 0 aliphatic carbocycles. The van der Waals surface area contributed by atoms with Crippen LogP contribution in [0.1, 0.15) is 5.56 Å². The molecule has 1 heterocycles. The SMILES string of the molecule is Cc1ccc(-c2cccc(O)c2-c2ccccc2)cc1.c1ccc(-c2nccc(-c3ccc(-c4cc5ccccc5c5ccccc45)cc3)n2)cc1. The molecule has 0 bridgehead atoms. The maximum Gasteiger partial charge on any atom is 0.159 e. The molecule has 3 heteroatoms. The summed E-state index contributed by atoms with van der Waals surface area (Å²) in [7, 11) is 0. The van der Waals surface area contributed by atoms with Gasteiger partial charge < -0.3 is 5.11 Å². The van der Waals surface area contributed by atoms with Crippen LogP contribution in [0.5, 0.6) is 5.75 Å². The summed E-state index contributed by atoms with van der Waals surface area (Å²) in [5.41, 5.74) is 10.8. The van der Waals surface area contributed by atoms with Gasteiger partial charge in [0.2, 0.25) is 0 Å². The van der Waals surface area contributed by atoms with Gasteiger partial charge in [0.05, 0.1) is 5.69 Å². The summed E-state index contributed by atoms with van der Waals surface area (Å²) in [4.78, 5) is 9.25. The first-order valence-corrected chi connectivity index (χ1v) is 17.5. The predicted octanol–water partition coefficient (Wildman–Crippen LogP) is 12.8. The molecular weight excluding hydrogens is 633 g/mol. The molecule has 0 saturated heterocycles. The Morgan fingerprint density at radius 2 is 1.00 bits per heavy atom. The van der Waals surface area contributed by atoms with Crippen molar-refractivity contribution in [3.63, 3.8) is 0 Å². The highest BCUT2D eigenvalue weighted by Crippen LogP contribution is 2.39. The molecule has 0 spiro atoms. The minimum absolute atomic E-state index is 0.314. The van der Waals surface area contributed by atoms with E-state index in [2.05, 4.69) is 115 Å². The Balaban J connectivity index is 0.000000166. The summed E-state index contributed by atoms with van der Waals surface area (Å²) in [6.07, 6.45) is 1.83. The smallest absolute Gasteiger partial charge is 0.159 e. The summed E-state index contributed by atoms with van der Waals surface area (Å²) >= 11 is 0. The fourth-order valence-electron chi connectivity index (χ4n) is 6.78. The van der Waals surface area contributed by atoms with Crippen molar-refractivity contribution in [3.05, 3.63) is 200 Å². The normalized spacial score (nSPS) is 10.9. The molecule has 52 heavy (non-hydrogen) atoms. The van der Waals surface area contributed by atoms with Gasteiger partial charge in [0.1, 0.15) is 5.75 Å². The number of aromatic hydroxyl groups is 1. The van der Waals surface area contributed by atoms with E-state index in [1.165, 1.54) is 38.2 Å². The van der Waals surface area contributed by atoms with E-state index in [-0.39, 0.29) is 0 Å². The number of hydrogen-bond donors (Lipinski definition) is 1. The third-order valence-corrected chi connectivity index (χ3v) is 9.41. The third-order valence-electron chi connectivity index (χ3n) is 9.41. The molecule has 0 saturated carbocycles. The van der Waals surface area contributed by atoms with Crippen molar-refractivity contribution < 1.29 is 5.11 Å². The standard InChI is InChI=1S/C30H20N2.C19H16O/c1-2-8-23(9-3-1)30-31-19-18-29(32-30)22-16-14-21(15-17-22)28-20-24-10-4-5-11-25(24)26-12-6-7-13-27(26)28;1-14-10-12-15(13-11-14)17-8-5-9-18(20)19(17)16-6-3-2-4-7-16/h1-20H;2-13,20H,1H3. The Bertz CT molecular complexity index is 2610. The van der Waals surface area contributed by atoms with E-state index in [4.69, 9.17) is 4.98 Å². The molecule has 1 aromatic heterocycles. The molecule has 9 rings (SSSR count). The fourth-order valence-corrected chi connectivity index (χ4v) is 6.78. The molecule has 0 aliphatic heterocycles. The van der Waals surface area contributed by atoms with E-state index in [1.54, 1.807) is 6.07 Å². The average Bonchev–Trinajstić information content (AvgIpc) is 3.22. The Kier molecular flexibility index (Phi) is 9.06. The van der Waals surface area contributed by atoms with Crippen LogP contribution in [-0.4, -0.2) is 15.1 Å². The van der Waals surface area contributed by atoms with Crippen molar-refractivity contribution >= 4 is 21.5 Å². The van der Waals surface area contributed by atoms with Crippen molar-refractivity contribution in [1.29, 1.82) is 0 Å². The Morgan fingerprint density at radius 1 is 0.423 bits per heavy atom. The van der Waals surface area contributed by atoms with Crippen molar-refractivity contribution in [2.75, 3.05) is 0 Å². The second-order valence-corrected chi connectivity index (χ2v) is 12.8. The van der Waals surface area contributed by atoms with E-state index in [0.717, 1.165) is 44.9 Å². The number of phenols is 1. The lowest BCUT2D eigenvalue weighted by Gasteiger charge is -2.12. The zero-order chi connectivity index (χ0) is 35.3. The molecule has 0 amide bonds. The van der Waals surface area contributed by atoms with E-state index in [9.17, 15) is 5.11 Å². The first kappa shape index (κ1) is 32.4. The fraction of sp³-hybridized carbons (Fsp3) is 0.0204. The van der Waals surface area contributed by atoms with E-state index in [1.807, 2.05) is 85.1 Å². The van der Waals surface area contributed by atoms with Gasteiger partial charge in [-0.05, 0) is 74.5 Å². The molecular formula is C49H36N2O. The predicted molar refractivity (Wildman–Crippen MR) is 217 cm³/mol. The monoisotopic (exact) mass is 668 g/mol. The zero-order valence-corrected chi connectivity index (χ0v) is 28.8. The molecule has 0 aliphatic rings. The van der Waals surface area contributed by atoms with Crippen molar-refractivity contribution in [1.82, 2.24) is 9.97 Å². The summed E-state index contributed by atoms with van der Waals surface area (Å²) in [6, 6.07) is 64.3. The second kappa shape index (κ2) is 14.6. The van der Waals surface area contributed by atoms with Gasteiger partial charge in [0.25, 0.3) is 0 Å². The van der Waals surface area contributed by atoms with Gasteiger partial charge in [0, 0.05) is 22.9 Å². The summed E-state index contributed by atoms with van der Waals surface area (Å²) < 4.78 is 0. The van der Waals surface area contributed by atoms with E-state index < -0.39 is 0 Å². The van der Waals surface area contributed by atoms with Gasteiger partial charge in [0.15, 0.2) is 5.82 Å². The lowest BCUT2D eigenvalue weighted by Crippen LogP contribution is -1.91. The van der Waals surface area contributed by atoms with Crippen LogP contribution in [0, 0.1) is 6.92 Å². The van der Waals surface area contributed by atoms with Crippen LogP contribution >= 0.6 is 0 Å². The summed E-state index contributed by atoms with van der Waals surface area (Å²) in [6.45, 7) is 2.07. The Morgan fingerprint density at radius 3 is 1.73 bits per heavy atom. The lowest BCUT2D eigenvalue weighted by molar-refractivity contribution is 0.477. The van der Waals surface area contributed by atoms with Crippen molar-refractivity contribution in [2.45, 2.75) is 6.92 Å². The molecule has 0 unspecified atom stereocenters. The van der Waals surface area contributed by atoms with E-state index >= 15 is 0 Å². The van der Waals surface area contributed by atoms with Gasteiger partial charge >= 0.3 is 0 Å². The highest BCUT2D eigenvalue weighted by Gasteiger charge is 2.12. The van der Waals surface area contributed by atoms with Gasteiger partial charge in [-0.25, -0.2) is 9.97 Å². The molecule has 0 fully saturated rings.